The van der Waals surface area contributed by atoms with E-state index in [0.717, 1.165) is 17.8 Å². The molecular weight excluding hydrogens is 230 g/mol. The summed E-state index contributed by atoms with van der Waals surface area (Å²) in [5.41, 5.74) is 0. The fourth-order valence-electron chi connectivity index (χ4n) is 1.48. The Bertz CT molecular complexity index is 409. The molecule has 1 aliphatic rings. The van der Waals surface area contributed by atoms with Crippen LogP contribution in [0.3, 0.4) is 0 Å². The molecule has 1 aromatic rings. The van der Waals surface area contributed by atoms with Gasteiger partial charge in [-0.05, 0) is 18.6 Å². The van der Waals surface area contributed by atoms with Crippen molar-refractivity contribution >= 4 is 28.2 Å². The third-order valence-electron chi connectivity index (χ3n) is 2.36. The SMILES string of the molecule is O=C(O)c1ccc(NC(=O)C2CCOC2)s1. The van der Waals surface area contributed by atoms with Crippen molar-refractivity contribution in [3.63, 3.8) is 0 Å². The average molecular weight is 241 g/mol. The molecular formula is C10H11NO4S. The second kappa shape index (κ2) is 4.63. The summed E-state index contributed by atoms with van der Waals surface area (Å²) in [7, 11) is 0. The fraction of sp³-hybridized carbons (Fsp3) is 0.400. The van der Waals surface area contributed by atoms with Crippen LogP contribution < -0.4 is 5.32 Å². The van der Waals surface area contributed by atoms with E-state index in [-0.39, 0.29) is 16.7 Å². The lowest BCUT2D eigenvalue weighted by molar-refractivity contribution is -0.119. The van der Waals surface area contributed by atoms with Crippen molar-refractivity contribution < 1.29 is 19.4 Å². The summed E-state index contributed by atoms with van der Waals surface area (Å²) in [5, 5.41) is 12.0. The van der Waals surface area contributed by atoms with Crippen LogP contribution in [-0.4, -0.2) is 30.2 Å². The Hall–Kier alpha value is -1.40. The number of carboxylic acid groups (broad SMARTS) is 1. The summed E-state index contributed by atoms with van der Waals surface area (Å²) < 4.78 is 5.11. The van der Waals surface area contributed by atoms with E-state index in [4.69, 9.17) is 9.84 Å². The summed E-state index contributed by atoms with van der Waals surface area (Å²) >= 11 is 1.06. The highest BCUT2D eigenvalue weighted by Gasteiger charge is 2.23. The molecule has 1 aliphatic heterocycles. The number of ether oxygens (including phenoxy) is 1. The first kappa shape index (κ1) is 11.1. The molecule has 0 radical (unpaired) electrons. The molecule has 0 aromatic carbocycles. The normalized spacial score (nSPS) is 19.6. The number of carbonyl (C=O) groups excluding carboxylic acids is 1. The van der Waals surface area contributed by atoms with Crippen molar-refractivity contribution in [3.05, 3.63) is 17.0 Å². The Labute approximate surface area is 96.0 Å². The molecule has 1 unspecified atom stereocenters. The van der Waals surface area contributed by atoms with E-state index in [9.17, 15) is 9.59 Å². The van der Waals surface area contributed by atoms with Gasteiger partial charge in [0.15, 0.2) is 0 Å². The first-order valence-electron chi connectivity index (χ1n) is 4.88. The van der Waals surface area contributed by atoms with Gasteiger partial charge < -0.3 is 15.2 Å². The van der Waals surface area contributed by atoms with Crippen molar-refractivity contribution in [3.8, 4) is 0 Å². The summed E-state index contributed by atoms with van der Waals surface area (Å²) in [6.07, 6.45) is 0.725. The lowest BCUT2D eigenvalue weighted by Crippen LogP contribution is -2.22. The average Bonchev–Trinajstić information content (AvgIpc) is 2.87. The zero-order valence-electron chi connectivity index (χ0n) is 8.43. The van der Waals surface area contributed by atoms with Gasteiger partial charge in [-0.1, -0.05) is 0 Å². The number of aromatic carboxylic acids is 1. The molecule has 16 heavy (non-hydrogen) atoms. The quantitative estimate of drug-likeness (QED) is 0.839. The van der Waals surface area contributed by atoms with Crippen molar-refractivity contribution in [2.75, 3.05) is 18.5 Å². The first-order valence-corrected chi connectivity index (χ1v) is 5.70. The lowest BCUT2D eigenvalue weighted by atomic mass is 10.1. The molecule has 1 fully saturated rings. The van der Waals surface area contributed by atoms with Gasteiger partial charge in [-0.25, -0.2) is 4.79 Å². The predicted octanol–water partition coefficient (Wildman–Crippen LogP) is 1.42. The minimum absolute atomic E-state index is 0.101. The second-order valence-corrected chi connectivity index (χ2v) is 4.60. The second-order valence-electron chi connectivity index (χ2n) is 3.52. The van der Waals surface area contributed by atoms with E-state index in [1.165, 1.54) is 6.07 Å². The molecule has 0 spiro atoms. The number of carboxylic acids is 1. The summed E-state index contributed by atoms with van der Waals surface area (Å²) in [6.45, 7) is 1.06. The van der Waals surface area contributed by atoms with Crippen LogP contribution >= 0.6 is 11.3 Å². The molecule has 86 valence electrons. The van der Waals surface area contributed by atoms with Crippen LogP contribution in [-0.2, 0) is 9.53 Å². The van der Waals surface area contributed by atoms with Crippen LogP contribution in [0.4, 0.5) is 5.00 Å². The van der Waals surface area contributed by atoms with Crippen LogP contribution in [0.5, 0.6) is 0 Å². The number of hydrogen-bond donors (Lipinski definition) is 2. The van der Waals surface area contributed by atoms with E-state index in [0.29, 0.717) is 18.2 Å². The zero-order chi connectivity index (χ0) is 11.5. The molecule has 1 atom stereocenters. The molecule has 0 aliphatic carbocycles. The highest BCUT2D eigenvalue weighted by atomic mass is 32.1. The van der Waals surface area contributed by atoms with Crippen LogP contribution in [0.25, 0.3) is 0 Å². The Morgan fingerprint density at radius 1 is 1.50 bits per heavy atom. The van der Waals surface area contributed by atoms with Crippen LogP contribution in [0, 0.1) is 5.92 Å². The molecule has 1 aromatic heterocycles. The highest BCUT2D eigenvalue weighted by Crippen LogP contribution is 2.23. The van der Waals surface area contributed by atoms with Gasteiger partial charge in [0.1, 0.15) is 4.88 Å². The van der Waals surface area contributed by atoms with Gasteiger partial charge in [0.25, 0.3) is 0 Å². The number of thiophene rings is 1. The minimum Gasteiger partial charge on any atom is -0.477 e. The van der Waals surface area contributed by atoms with Gasteiger partial charge >= 0.3 is 5.97 Å². The number of rotatable bonds is 3. The van der Waals surface area contributed by atoms with Crippen LogP contribution in [0.2, 0.25) is 0 Å². The molecule has 0 saturated carbocycles. The summed E-state index contributed by atoms with van der Waals surface area (Å²) in [5.74, 6) is -1.19. The lowest BCUT2D eigenvalue weighted by Gasteiger charge is -2.06. The molecule has 2 N–H and O–H groups in total. The molecule has 1 amide bonds. The van der Waals surface area contributed by atoms with Gasteiger partial charge in [-0.3, -0.25) is 4.79 Å². The number of nitrogens with one attached hydrogen (secondary N) is 1. The Morgan fingerprint density at radius 3 is 2.88 bits per heavy atom. The molecule has 0 bridgehead atoms. The molecule has 6 heteroatoms. The summed E-state index contributed by atoms with van der Waals surface area (Å²) in [6, 6.07) is 3.08. The fourth-order valence-corrected chi connectivity index (χ4v) is 2.23. The monoisotopic (exact) mass is 241 g/mol. The number of amides is 1. The zero-order valence-corrected chi connectivity index (χ0v) is 9.25. The van der Waals surface area contributed by atoms with Gasteiger partial charge in [0.05, 0.1) is 17.5 Å². The third-order valence-corrected chi connectivity index (χ3v) is 3.35. The van der Waals surface area contributed by atoms with Gasteiger partial charge in [-0.2, -0.15) is 0 Å². The van der Waals surface area contributed by atoms with Crippen molar-refractivity contribution in [1.29, 1.82) is 0 Å². The standard InChI is InChI=1S/C10H11NO4S/c12-9(6-3-4-15-5-6)11-8-2-1-7(16-8)10(13)14/h1-2,6H,3-5H2,(H,11,12)(H,13,14). The van der Waals surface area contributed by atoms with Crippen LogP contribution in [0.1, 0.15) is 16.1 Å². The molecule has 1 saturated heterocycles. The molecule has 5 nitrogen and oxygen atoms in total. The Morgan fingerprint density at radius 2 is 2.31 bits per heavy atom. The number of carbonyl (C=O) groups is 2. The maximum Gasteiger partial charge on any atom is 0.345 e. The largest absolute Gasteiger partial charge is 0.477 e. The minimum atomic E-state index is -0.977. The van der Waals surface area contributed by atoms with Gasteiger partial charge in [-0.15, -0.1) is 11.3 Å². The maximum absolute atomic E-state index is 11.7. The third kappa shape index (κ3) is 2.40. The topological polar surface area (TPSA) is 75.6 Å². The van der Waals surface area contributed by atoms with E-state index in [1.54, 1.807) is 6.07 Å². The van der Waals surface area contributed by atoms with E-state index in [2.05, 4.69) is 5.32 Å². The summed E-state index contributed by atoms with van der Waals surface area (Å²) in [4.78, 5) is 22.5. The maximum atomic E-state index is 11.7. The van der Waals surface area contributed by atoms with E-state index in [1.807, 2.05) is 0 Å². The smallest absolute Gasteiger partial charge is 0.345 e. The Kier molecular flexibility index (Phi) is 3.21. The van der Waals surface area contributed by atoms with Gasteiger partial charge in [0, 0.05) is 6.61 Å². The van der Waals surface area contributed by atoms with E-state index < -0.39 is 5.97 Å². The Balaban J connectivity index is 1.97. The molecule has 2 heterocycles. The highest BCUT2D eigenvalue weighted by molar-refractivity contribution is 7.18. The van der Waals surface area contributed by atoms with Gasteiger partial charge in [0.2, 0.25) is 5.91 Å². The van der Waals surface area contributed by atoms with E-state index >= 15 is 0 Å². The predicted molar refractivity (Wildman–Crippen MR) is 58.8 cm³/mol. The van der Waals surface area contributed by atoms with Crippen molar-refractivity contribution in [1.82, 2.24) is 0 Å². The number of hydrogen-bond acceptors (Lipinski definition) is 4. The van der Waals surface area contributed by atoms with Crippen molar-refractivity contribution in [2.45, 2.75) is 6.42 Å². The first-order chi connectivity index (χ1) is 7.66. The van der Waals surface area contributed by atoms with Crippen LogP contribution in [0.15, 0.2) is 12.1 Å². The van der Waals surface area contributed by atoms with Crippen molar-refractivity contribution in [2.24, 2.45) is 5.92 Å². The number of anilines is 1. The molecule has 2 rings (SSSR count).